The predicted octanol–water partition coefficient (Wildman–Crippen LogP) is 2.57. The zero-order chi connectivity index (χ0) is 9.84. The Morgan fingerprint density at radius 1 is 1.62 bits per heavy atom. The van der Waals surface area contributed by atoms with Crippen molar-refractivity contribution in [2.75, 3.05) is 0 Å². The van der Waals surface area contributed by atoms with E-state index in [0.29, 0.717) is 12.0 Å². The summed E-state index contributed by atoms with van der Waals surface area (Å²) in [5.74, 6) is 0.0393. The maximum Gasteiger partial charge on any atom is 0.265 e. The summed E-state index contributed by atoms with van der Waals surface area (Å²) in [4.78, 5) is 14.1. The number of halogens is 3. The van der Waals surface area contributed by atoms with Gasteiger partial charge in [0.1, 0.15) is 0 Å². The molecule has 0 amide bonds. The Hall–Kier alpha value is -1.03. The third-order valence-corrected chi connectivity index (χ3v) is 1.78. The van der Waals surface area contributed by atoms with Gasteiger partial charge in [0.15, 0.2) is 6.29 Å². The molecule has 0 radical (unpaired) electrons. The summed E-state index contributed by atoms with van der Waals surface area (Å²) in [6, 6.07) is 1.10. The number of hydrogen-bond donors (Lipinski definition) is 0. The Labute approximate surface area is 78.5 Å². The molecule has 0 atom stereocenters. The quantitative estimate of drug-likeness (QED) is 0.561. The highest BCUT2D eigenvalue weighted by atomic mass is 35.5. The van der Waals surface area contributed by atoms with Gasteiger partial charge >= 0.3 is 0 Å². The number of pyridine rings is 1. The van der Waals surface area contributed by atoms with Crippen molar-refractivity contribution < 1.29 is 13.6 Å². The van der Waals surface area contributed by atoms with Crippen molar-refractivity contribution in [1.82, 2.24) is 4.98 Å². The van der Waals surface area contributed by atoms with Crippen LogP contribution < -0.4 is 0 Å². The number of alkyl halides is 3. The van der Waals surface area contributed by atoms with Gasteiger partial charge in [0.2, 0.25) is 0 Å². The lowest BCUT2D eigenvalue weighted by Gasteiger charge is -2.02. The van der Waals surface area contributed by atoms with E-state index in [1.807, 2.05) is 0 Å². The second-order valence-corrected chi connectivity index (χ2v) is 2.62. The van der Waals surface area contributed by atoms with Crippen molar-refractivity contribution in [3.05, 3.63) is 29.1 Å². The zero-order valence-electron chi connectivity index (χ0n) is 6.51. The number of carbonyl (C=O) groups is 1. The van der Waals surface area contributed by atoms with E-state index in [-0.39, 0.29) is 17.0 Å². The van der Waals surface area contributed by atoms with Gasteiger partial charge in [-0.15, -0.1) is 11.6 Å². The summed E-state index contributed by atoms with van der Waals surface area (Å²) in [6.07, 6.45) is -1.12. The molecule has 0 aliphatic carbocycles. The first kappa shape index (κ1) is 10.1. The largest absolute Gasteiger partial charge is 0.298 e. The van der Waals surface area contributed by atoms with Crippen LogP contribution in [0.15, 0.2) is 12.3 Å². The van der Waals surface area contributed by atoms with E-state index < -0.39 is 6.43 Å². The molecule has 1 heterocycles. The highest BCUT2D eigenvalue weighted by Crippen LogP contribution is 2.19. The second-order valence-electron chi connectivity index (χ2n) is 2.36. The number of aromatic nitrogens is 1. The van der Waals surface area contributed by atoms with Crippen molar-refractivity contribution >= 4 is 17.9 Å². The van der Waals surface area contributed by atoms with Gasteiger partial charge in [0.05, 0.1) is 11.6 Å². The lowest BCUT2D eigenvalue weighted by Crippen LogP contribution is -1.97. The average Bonchev–Trinajstić information content (AvgIpc) is 2.16. The van der Waals surface area contributed by atoms with Crippen LogP contribution in [0.25, 0.3) is 0 Å². The van der Waals surface area contributed by atoms with Gasteiger partial charge in [-0.25, -0.2) is 8.78 Å². The molecule has 0 aliphatic heterocycles. The first-order valence-electron chi connectivity index (χ1n) is 3.47. The molecule has 0 unspecified atom stereocenters. The van der Waals surface area contributed by atoms with Gasteiger partial charge in [0, 0.05) is 17.3 Å². The molecule has 1 aromatic rings. The average molecular weight is 206 g/mol. The molecule has 1 aromatic heterocycles. The molecule has 5 heteroatoms. The third-order valence-electron chi connectivity index (χ3n) is 1.53. The molecule has 0 saturated carbocycles. The monoisotopic (exact) mass is 205 g/mol. The van der Waals surface area contributed by atoms with Crippen LogP contribution in [0.3, 0.4) is 0 Å². The van der Waals surface area contributed by atoms with Gasteiger partial charge < -0.3 is 0 Å². The lowest BCUT2D eigenvalue weighted by molar-refractivity contribution is 0.112. The molecule has 0 aromatic carbocycles. The molecule has 0 aliphatic rings. The third kappa shape index (κ3) is 2.21. The number of aldehydes is 1. The Bertz CT molecular complexity index is 317. The number of carbonyl (C=O) groups excluding carboxylic acids is 1. The first-order valence-corrected chi connectivity index (χ1v) is 4.00. The molecule has 13 heavy (non-hydrogen) atoms. The van der Waals surface area contributed by atoms with E-state index in [2.05, 4.69) is 4.98 Å². The van der Waals surface area contributed by atoms with Crippen molar-refractivity contribution in [3.63, 3.8) is 0 Å². The van der Waals surface area contributed by atoms with Gasteiger partial charge in [0.25, 0.3) is 6.43 Å². The van der Waals surface area contributed by atoms with Crippen molar-refractivity contribution in [3.8, 4) is 0 Å². The van der Waals surface area contributed by atoms with Crippen LogP contribution in [0, 0.1) is 0 Å². The minimum atomic E-state index is -2.62. The van der Waals surface area contributed by atoms with Gasteiger partial charge in [-0.1, -0.05) is 0 Å². The van der Waals surface area contributed by atoms with Crippen LogP contribution in [0.2, 0.25) is 0 Å². The van der Waals surface area contributed by atoms with E-state index in [1.54, 1.807) is 0 Å². The molecule has 0 saturated heterocycles. The Morgan fingerprint density at radius 2 is 2.31 bits per heavy atom. The minimum Gasteiger partial charge on any atom is -0.298 e. The van der Waals surface area contributed by atoms with Crippen LogP contribution >= 0.6 is 11.6 Å². The van der Waals surface area contributed by atoms with Crippen LogP contribution in [-0.2, 0) is 5.88 Å². The van der Waals surface area contributed by atoms with Crippen molar-refractivity contribution in [2.45, 2.75) is 12.3 Å². The molecule has 1 rings (SSSR count). The maximum absolute atomic E-state index is 12.1. The van der Waals surface area contributed by atoms with Gasteiger partial charge in [-0.3, -0.25) is 9.78 Å². The number of nitrogens with zero attached hydrogens (tertiary/aromatic N) is 1. The Kier molecular flexibility index (Phi) is 3.31. The summed E-state index contributed by atoms with van der Waals surface area (Å²) >= 11 is 5.43. The summed E-state index contributed by atoms with van der Waals surface area (Å²) in [5.41, 5.74) is 0.171. The zero-order valence-corrected chi connectivity index (χ0v) is 7.26. The lowest BCUT2D eigenvalue weighted by atomic mass is 10.1. The van der Waals surface area contributed by atoms with Crippen LogP contribution in [0.5, 0.6) is 0 Å². The summed E-state index contributed by atoms with van der Waals surface area (Å²) in [5, 5.41) is 0. The first-order chi connectivity index (χ1) is 6.19. The summed E-state index contributed by atoms with van der Waals surface area (Å²) < 4.78 is 24.3. The molecule has 2 nitrogen and oxygen atoms in total. The summed E-state index contributed by atoms with van der Waals surface area (Å²) in [6.45, 7) is 0. The van der Waals surface area contributed by atoms with E-state index >= 15 is 0 Å². The molecular weight excluding hydrogens is 200 g/mol. The Balaban J connectivity index is 3.13. The standard InChI is InChI=1S/C8H6ClF2NO/c9-2-7-6(4-13)1-5(3-12-7)8(10)11/h1,3-4,8H,2H2. The van der Waals surface area contributed by atoms with Crippen LogP contribution in [-0.4, -0.2) is 11.3 Å². The fraction of sp³-hybridized carbons (Fsp3) is 0.250. The van der Waals surface area contributed by atoms with Crippen LogP contribution in [0.1, 0.15) is 28.0 Å². The number of hydrogen-bond acceptors (Lipinski definition) is 2. The smallest absolute Gasteiger partial charge is 0.265 e. The van der Waals surface area contributed by atoms with E-state index in [0.717, 1.165) is 12.3 Å². The topological polar surface area (TPSA) is 30.0 Å². The molecule has 0 spiro atoms. The van der Waals surface area contributed by atoms with Gasteiger partial charge in [-0.05, 0) is 6.07 Å². The molecular formula is C8H6ClF2NO. The van der Waals surface area contributed by atoms with E-state index in [1.165, 1.54) is 0 Å². The second kappa shape index (κ2) is 4.28. The van der Waals surface area contributed by atoms with Crippen molar-refractivity contribution in [1.29, 1.82) is 0 Å². The fourth-order valence-electron chi connectivity index (χ4n) is 0.860. The predicted molar refractivity (Wildman–Crippen MR) is 44.1 cm³/mol. The highest BCUT2D eigenvalue weighted by Gasteiger charge is 2.10. The molecule has 0 N–H and O–H groups in total. The summed E-state index contributed by atoms with van der Waals surface area (Å²) in [7, 11) is 0. The fourth-order valence-corrected chi connectivity index (χ4v) is 1.08. The maximum atomic E-state index is 12.1. The van der Waals surface area contributed by atoms with Crippen molar-refractivity contribution in [2.24, 2.45) is 0 Å². The molecule has 70 valence electrons. The van der Waals surface area contributed by atoms with E-state index in [9.17, 15) is 13.6 Å². The molecule has 0 bridgehead atoms. The Morgan fingerprint density at radius 3 is 2.77 bits per heavy atom. The highest BCUT2D eigenvalue weighted by molar-refractivity contribution is 6.17. The molecule has 0 fully saturated rings. The van der Waals surface area contributed by atoms with Crippen LogP contribution in [0.4, 0.5) is 8.78 Å². The van der Waals surface area contributed by atoms with E-state index in [4.69, 9.17) is 11.6 Å². The van der Waals surface area contributed by atoms with Gasteiger partial charge in [-0.2, -0.15) is 0 Å². The normalized spacial score (nSPS) is 10.5. The SMILES string of the molecule is O=Cc1cc(C(F)F)cnc1CCl. The number of rotatable bonds is 3. The minimum absolute atomic E-state index is 0.0393.